The van der Waals surface area contributed by atoms with Gasteiger partial charge >= 0.3 is 0 Å². The molecule has 4 rings (SSSR count). The zero-order valence-corrected chi connectivity index (χ0v) is 19.7. The fourth-order valence-electron chi connectivity index (χ4n) is 3.24. The maximum atomic E-state index is 12.9. The molecule has 5 nitrogen and oxygen atoms in total. The summed E-state index contributed by atoms with van der Waals surface area (Å²) >= 11 is 19.4. The van der Waals surface area contributed by atoms with Crippen molar-refractivity contribution in [3.8, 4) is 0 Å². The van der Waals surface area contributed by atoms with Crippen LogP contribution < -0.4 is 4.90 Å². The lowest BCUT2D eigenvalue weighted by Crippen LogP contribution is -2.48. The van der Waals surface area contributed by atoms with E-state index < -0.39 is 10.0 Å². The third kappa shape index (κ3) is 4.77. The van der Waals surface area contributed by atoms with Crippen LogP contribution in [0, 0.1) is 0 Å². The Bertz CT molecular complexity index is 1140. The minimum atomic E-state index is -3.61. The van der Waals surface area contributed by atoms with Gasteiger partial charge in [-0.3, -0.25) is 0 Å². The van der Waals surface area contributed by atoms with Crippen molar-refractivity contribution in [1.82, 2.24) is 9.29 Å². The van der Waals surface area contributed by atoms with Gasteiger partial charge in [-0.25, -0.2) is 13.4 Å². The molecular formula is C20H18Cl3N3O2S2. The topological polar surface area (TPSA) is 53.5 Å². The fraction of sp³-hybridized carbons (Fsp3) is 0.250. The molecule has 0 saturated carbocycles. The summed E-state index contributed by atoms with van der Waals surface area (Å²) in [5, 5.41) is 4.23. The van der Waals surface area contributed by atoms with Crippen LogP contribution in [0.1, 0.15) is 11.3 Å². The molecule has 0 bridgehead atoms. The predicted octanol–water partition coefficient (Wildman–Crippen LogP) is 5.21. The Balaban J connectivity index is 1.40. The standard InChI is InChI=1S/C20H18Cl3N3O2S2/c21-15-3-1-14(2-4-15)11-16-13-29-20(24-16)25-7-9-26(10-8-25)30(27,28)17-5-6-18(22)19(23)12-17/h1-6,12-13H,7-11H2. The average Bonchev–Trinajstić information content (AvgIpc) is 3.20. The first-order valence-corrected chi connectivity index (χ1v) is 12.7. The summed E-state index contributed by atoms with van der Waals surface area (Å²) in [5.41, 5.74) is 2.14. The SMILES string of the molecule is O=S(=O)(c1ccc(Cl)c(Cl)c1)N1CCN(c2nc(Cc3ccc(Cl)cc3)cs2)CC1. The van der Waals surface area contributed by atoms with Crippen molar-refractivity contribution in [2.45, 2.75) is 11.3 Å². The lowest BCUT2D eigenvalue weighted by atomic mass is 10.1. The Hall–Kier alpha value is -1.35. The highest BCUT2D eigenvalue weighted by Gasteiger charge is 2.29. The van der Waals surface area contributed by atoms with Crippen LogP contribution in [0.4, 0.5) is 5.13 Å². The summed E-state index contributed by atoms with van der Waals surface area (Å²) in [7, 11) is -3.61. The van der Waals surface area contributed by atoms with Crippen molar-refractivity contribution >= 4 is 61.3 Å². The molecule has 1 aliphatic rings. The number of anilines is 1. The monoisotopic (exact) mass is 501 g/mol. The van der Waals surface area contributed by atoms with Crippen molar-refractivity contribution < 1.29 is 8.42 Å². The summed E-state index contributed by atoms with van der Waals surface area (Å²) in [4.78, 5) is 7.01. The molecule has 1 aliphatic heterocycles. The zero-order valence-electron chi connectivity index (χ0n) is 15.8. The minimum Gasteiger partial charge on any atom is -0.345 e. The van der Waals surface area contributed by atoms with Gasteiger partial charge in [-0.1, -0.05) is 46.9 Å². The first kappa shape index (κ1) is 21.9. The highest BCUT2D eigenvalue weighted by Crippen LogP contribution is 2.28. The van der Waals surface area contributed by atoms with Crippen molar-refractivity contribution in [2.75, 3.05) is 31.1 Å². The van der Waals surface area contributed by atoms with Gasteiger partial charge in [0.15, 0.2) is 5.13 Å². The Morgan fingerprint density at radius 2 is 1.63 bits per heavy atom. The second kappa shape index (κ2) is 9.02. The lowest BCUT2D eigenvalue weighted by Gasteiger charge is -2.33. The van der Waals surface area contributed by atoms with E-state index in [1.54, 1.807) is 11.3 Å². The molecular weight excluding hydrogens is 485 g/mol. The largest absolute Gasteiger partial charge is 0.345 e. The number of sulfonamides is 1. The smallest absolute Gasteiger partial charge is 0.243 e. The van der Waals surface area contributed by atoms with Crippen LogP contribution in [0.15, 0.2) is 52.7 Å². The Kier molecular flexibility index (Phi) is 6.58. The summed E-state index contributed by atoms with van der Waals surface area (Å²) in [6.45, 7) is 1.92. The number of hydrogen-bond acceptors (Lipinski definition) is 5. The Morgan fingerprint density at radius 3 is 2.30 bits per heavy atom. The normalized spacial score (nSPS) is 15.5. The molecule has 1 saturated heterocycles. The van der Waals surface area contributed by atoms with Gasteiger partial charge in [0.2, 0.25) is 10.0 Å². The van der Waals surface area contributed by atoms with E-state index in [-0.39, 0.29) is 9.92 Å². The molecule has 0 aliphatic carbocycles. The number of aromatic nitrogens is 1. The van der Waals surface area contributed by atoms with E-state index in [1.165, 1.54) is 22.5 Å². The predicted molar refractivity (Wildman–Crippen MR) is 124 cm³/mol. The third-order valence-corrected chi connectivity index (χ3v) is 8.71. The number of rotatable bonds is 5. The molecule has 2 aromatic carbocycles. The van der Waals surface area contributed by atoms with Crippen LogP contribution in [-0.2, 0) is 16.4 Å². The molecule has 1 aromatic heterocycles. The number of thiazole rings is 1. The van der Waals surface area contributed by atoms with Crippen molar-refractivity contribution in [2.24, 2.45) is 0 Å². The van der Waals surface area contributed by atoms with Gasteiger partial charge in [0.05, 0.1) is 20.6 Å². The maximum Gasteiger partial charge on any atom is 0.243 e. The quantitative estimate of drug-likeness (QED) is 0.481. The van der Waals surface area contributed by atoms with E-state index in [4.69, 9.17) is 39.8 Å². The van der Waals surface area contributed by atoms with Gasteiger partial charge in [0, 0.05) is 43.0 Å². The molecule has 158 valence electrons. The average molecular weight is 503 g/mol. The van der Waals surface area contributed by atoms with Gasteiger partial charge in [0.25, 0.3) is 0 Å². The molecule has 2 heterocycles. The van der Waals surface area contributed by atoms with E-state index in [0.29, 0.717) is 36.2 Å². The Labute approximate surface area is 194 Å². The second-order valence-electron chi connectivity index (χ2n) is 6.89. The molecule has 0 amide bonds. The van der Waals surface area contributed by atoms with Crippen LogP contribution in [0.2, 0.25) is 15.1 Å². The van der Waals surface area contributed by atoms with Crippen LogP contribution >= 0.6 is 46.1 Å². The maximum absolute atomic E-state index is 12.9. The first-order chi connectivity index (χ1) is 14.3. The molecule has 0 atom stereocenters. The number of halogens is 3. The van der Waals surface area contributed by atoms with Gasteiger partial charge < -0.3 is 4.90 Å². The summed E-state index contributed by atoms with van der Waals surface area (Å²) in [6, 6.07) is 12.1. The van der Waals surface area contributed by atoms with Gasteiger partial charge in [-0.15, -0.1) is 11.3 Å². The van der Waals surface area contributed by atoms with Gasteiger partial charge in [-0.2, -0.15) is 4.31 Å². The highest BCUT2D eigenvalue weighted by molar-refractivity contribution is 7.89. The number of piperazine rings is 1. The highest BCUT2D eigenvalue weighted by atomic mass is 35.5. The number of benzene rings is 2. The first-order valence-electron chi connectivity index (χ1n) is 9.22. The van der Waals surface area contributed by atoms with E-state index in [2.05, 4.69) is 4.90 Å². The second-order valence-corrected chi connectivity index (χ2v) is 10.9. The van der Waals surface area contributed by atoms with Crippen molar-refractivity contribution in [1.29, 1.82) is 0 Å². The van der Waals surface area contributed by atoms with E-state index in [9.17, 15) is 8.42 Å². The summed E-state index contributed by atoms with van der Waals surface area (Å²) < 4.78 is 27.3. The van der Waals surface area contributed by atoms with E-state index in [0.717, 1.165) is 22.8 Å². The van der Waals surface area contributed by atoms with Gasteiger partial charge in [-0.05, 0) is 35.9 Å². The minimum absolute atomic E-state index is 0.157. The third-order valence-electron chi connectivity index (χ3n) is 4.88. The molecule has 0 unspecified atom stereocenters. The van der Waals surface area contributed by atoms with Crippen LogP contribution in [0.5, 0.6) is 0 Å². The van der Waals surface area contributed by atoms with E-state index in [1.807, 2.05) is 29.6 Å². The molecule has 0 radical (unpaired) electrons. The van der Waals surface area contributed by atoms with Crippen LogP contribution in [0.3, 0.4) is 0 Å². The molecule has 10 heteroatoms. The van der Waals surface area contributed by atoms with E-state index >= 15 is 0 Å². The fourth-order valence-corrected chi connectivity index (χ4v) is 6.06. The zero-order chi connectivity index (χ0) is 21.3. The summed E-state index contributed by atoms with van der Waals surface area (Å²) in [5.74, 6) is 0. The lowest BCUT2D eigenvalue weighted by molar-refractivity contribution is 0.384. The van der Waals surface area contributed by atoms with Crippen molar-refractivity contribution in [3.63, 3.8) is 0 Å². The van der Waals surface area contributed by atoms with Crippen LogP contribution in [-0.4, -0.2) is 43.9 Å². The molecule has 0 N–H and O–H groups in total. The molecule has 1 fully saturated rings. The van der Waals surface area contributed by atoms with Gasteiger partial charge in [0.1, 0.15) is 0 Å². The number of hydrogen-bond donors (Lipinski definition) is 0. The van der Waals surface area contributed by atoms with Crippen LogP contribution in [0.25, 0.3) is 0 Å². The summed E-state index contributed by atoms with van der Waals surface area (Å²) in [6.07, 6.45) is 0.735. The molecule has 30 heavy (non-hydrogen) atoms. The molecule has 3 aromatic rings. The number of nitrogens with zero attached hydrogens (tertiary/aromatic N) is 3. The van der Waals surface area contributed by atoms with Crippen molar-refractivity contribution in [3.05, 3.63) is 74.2 Å². The Morgan fingerprint density at radius 1 is 0.933 bits per heavy atom. The molecule has 0 spiro atoms.